The van der Waals surface area contributed by atoms with Crippen LogP contribution in [0.2, 0.25) is 0 Å². The van der Waals surface area contributed by atoms with Crippen LogP contribution in [0.5, 0.6) is 0 Å². The molecule has 3 rings (SSSR count). The van der Waals surface area contributed by atoms with Crippen molar-refractivity contribution in [3.05, 3.63) is 54.2 Å². The number of rotatable bonds is 4. The van der Waals surface area contributed by atoms with Gasteiger partial charge in [0.25, 0.3) is 0 Å². The molecular formula is C15H17N3O. The SMILES string of the molecule is CC(NCc1ccco1)c1nc2ccccc2n1C. The lowest BCUT2D eigenvalue weighted by molar-refractivity contribution is 0.450. The zero-order chi connectivity index (χ0) is 13.2. The molecule has 2 aromatic heterocycles. The van der Waals surface area contributed by atoms with Gasteiger partial charge in [-0.05, 0) is 31.2 Å². The van der Waals surface area contributed by atoms with E-state index in [4.69, 9.17) is 4.42 Å². The van der Waals surface area contributed by atoms with E-state index in [0.717, 1.165) is 22.6 Å². The third-order valence-corrected chi connectivity index (χ3v) is 3.37. The van der Waals surface area contributed by atoms with Crippen molar-refractivity contribution in [3.8, 4) is 0 Å². The molecule has 0 aliphatic carbocycles. The Bertz CT molecular complexity index is 670. The summed E-state index contributed by atoms with van der Waals surface area (Å²) in [5, 5.41) is 3.43. The second-order valence-electron chi connectivity index (χ2n) is 4.70. The third-order valence-electron chi connectivity index (χ3n) is 3.37. The van der Waals surface area contributed by atoms with Crippen LogP contribution in [-0.4, -0.2) is 9.55 Å². The van der Waals surface area contributed by atoms with Gasteiger partial charge in [0.2, 0.25) is 0 Å². The number of imidazole rings is 1. The Balaban J connectivity index is 1.81. The number of aryl methyl sites for hydroxylation is 1. The van der Waals surface area contributed by atoms with E-state index in [1.165, 1.54) is 0 Å². The van der Waals surface area contributed by atoms with Gasteiger partial charge in [0.1, 0.15) is 11.6 Å². The number of furan rings is 1. The highest BCUT2D eigenvalue weighted by Crippen LogP contribution is 2.19. The lowest BCUT2D eigenvalue weighted by Crippen LogP contribution is -2.20. The number of fused-ring (bicyclic) bond motifs is 1. The summed E-state index contributed by atoms with van der Waals surface area (Å²) in [7, 11) is 2.05. The van der Waals surface area contributed by atoms with E-state index in [9.17, 15) is 0 Å². The van der Waals surface area contributed by atoms with Gasteiger partial charge in [-0.15, -0.1) is 0 Å². The van der Waals surface area contributed by atoms with Gasteiger partial charge in [-0.3, -0.25) is 0 Å². The van der Waals surface area contributed by atoms with Crippen LogP contribution >= 0.6 is 0 Å². The molecule has 0 radical (unpaired) electrons. The maximum atomic E-state index is 5.32. The van der Waals surface area contributed by atoms with Gasteiger partial charge in [0.15, 0.2) is 0 Å². The van der Waals surface area contributed by atoms with Crippen molar-refractivity contribution in [2.45, 2.75) is 19.5 Å². The molecule has 0 aliphatic rings. The molecule has 3 aromatic rings. The van der Waals surface area contributed by atoms with Gasteiger partial charge in [-0.1, -0.05) is 12.1 Å². The highest BCUT2D eigenvalue weighted by Gasteiger charge is 2.13. The molecule has 1 atom stereocenters. The van der Waals surface area contributed by atoms with Gasteiger partial charge in [0, 0.05) is 7.05 Å². The van der Waals surface area contributed by atoms with Crippen LogP contribution in [0.4, 0.5) is 0 Å². The van der Waals surface area contributed by atoms with E-state index < -0.39 is 0 Å². The first-order chi connectivity index (χ1) is 9.25. The van der Waals surface area contributed by atoms with Gasteiger partial charge in [-0.25, -0.2) is 4.98 Å². The molecule has 0 aliphatic heterocycles. The lowest BCUT2D eigenvalue weighted by atomic mass is 10.3. The number of nitrogens with zero attached hydrogens (tertiary/aromatic N) is 2. The first-order valence-electron chi connectivity index (χ1n) is 6.43. The smallest absolute Gasteiger partial charge is 0.126 e. The molecule has 1 N–H and O–H groups in total. The molecule has 98 valence electrons. The third kappa shape index (κ3) is 2.27. The molecule has 0 spiro atoms. The second-order valence-corrected chi connectivity index (χ2v) is 4.70. The Labute approximate surface area is 112 Å². The van der Waals surface area contributed by atoms with Crippen molar-refractivity contribution in [1.82, 2.24) is 14.9 Å². The topological polar surface area (TPSA) is 43.0 Å². The molecule has 0 bridgehead atoms. The van der Waals surface area contributed by atoms with E-state index in [1.807, 2.05) is 30.3 Å². The predicted molar refractivity (Wildman–Crippen MR) is 74.7 cm³/mol. The molecule has 0 saturated carbocycles. The fraction of sp³-hybridized carbons (Fsp3) is 0.267. The first-order valence-corrected chi connectivity index (χ1v) is 6.43. The van der Waals surface area contributed by atoms with E-state index >= 15 is 0 Å². The summed E-state index contributed by atoms with van der Waals surface area (Å²) in [6.07, 6.45) is 1.69. The van der Waals surface area contributed by atoms with E-state index in [-0.39, 0.29) is 6.04 Å². The summed E-state index contributed by atoms with van der Waals surface area (Å²) in [4.78, 5) is 4.68. The Morgan fingerprint density at radius 1 is 1.26 bits per heavy atom. The van der Waals surface area contributed by atoms with Crippen LogP contribution in [0.1, 0.15) is 24.6 Å². The van der Waals surface area contributed by atoms with E-state index in [1.54, 1.807) is 6.26 Å². The average Bonchev–Trinajstić information content (AvgIpc) is 3.05. The highest BCUT2D eigenvalue weighted by atomic mass is 16.3. The predicted octanol–water partition coefficient (Wildman–Crippen LogP) is 3.02. The van der Waals surface area contributed by atoms with E-state index in [2.05, 4.69) is 34.9 Å². The van der Waals surface area contributed by atoms with Gasteiger partial charge in [0.05, 0.1) is 29.9 Å². The van der Waals surface area contributed by atoms with Crippen LogP contribution in [0.25, 0.3) is 11.0 Å². The van der Waals surface area contributed by atoms with Gasteiger partial charge in [-0.2, -0.15) is 0 Å². The molecule has 1 aromatic carbocycles. The average molecular weight is 255 g/mol. The number of nitrogens with one attached hydrogen (secondary N) is 1. The second kappa shape index (κ2) is 4.90. The fourth-order valence-electron chi connectivity index (χ4n) is 2.31. The van der Waals surface area contributed by atoms with Crippen LogP contribution < -0.4 is 5.32 Å². The molecular weight excluding hydrogens is 238 g/mol. The fourth-order valence-corrected chi connectivity index (χ4v) is 2.31. The molecule has 0 fully saturated rings. The maximum absolute atomic E-state index is 5.32. The zero-order valence-corrected chi connectivity index (χ0v) is 11.1. The Hall–Kier alpha value is -2.07. The van der Waals surface area contributed by atoms with Crippen LogP contribution in [0, 0.1) is 0 Å². The number of hydrogen-bond acceptors (Lipinski definition) is 3. The Morgan fingerprint density at radius 2 is 2.11 bits per heavy atom. The normalized spacial score (nSPS) is 12.9. The quantitative estimate of drug-likeness (QED) is 0.779. The molecule has 19 heavy (non-hydrogen) atoms. The molecule has 0 amide bonds. The minimum absolute atomic E-state index is 0.169. The van der Waals surface area contributed by atoms with Crippen LogP contribution in [-0.2, 0) is 13.6 Å². The summed E-state index contributed by atoms with van der Waals surface area (Å²) < 4.78 is 7.45. The van der Waals surface area contributed by atoms with Gasteiger partial charge < -0.3 is 14.3 Å². The largest absolute Gasteiger partial charge is 0.468 e. The molecule has 4 nitrogen and oxygen atoms in total. The number of benzene rings is 1. The van der Waals surface area contributed by atoms with Crippen molar-refractivity contribution in [1.29, 1.82) is 0 Å². The summed E-state index contributed by atoms with van der Waals surface area (Å²) in [6, 6.07) is 12.2. The van der Waals surface area contributed by atoms with Gasteiger partial charge >= 0.3 is 0 Å². The maximum Gasteiger partial charge on any atom is 0.126 e. The van der Waals surface area contributed by atoms with Crippen molar-refractivity contribution < 1.29 is 4.42 Å². The summed E-state index contributed by atoms with van der Waals surface area (Å²) in [5.41, 5.74) is 2.19. The van der Waals surface area contributed by atoms with Crippen molar-refractivity contribution in [2.75, 3.05) is 0 Å². The molecule has 0 saturated heterocycles. The minimum Gasteiger partial charge on any atom is -0.468 e. The van der Waals surface area contributed by atoms with Crippen molar-refractivity contribution in [2.24, 2.45) is 7.05 Å². The van der Waals surface area contributed by atoms with E-state index in [0.29, 0.717) is 6.54 Å². The molecule has 4 heteroatoms. The Morgan fingerprint density at radius 3 is 2.84 bits per heavy atom. The number of aromatic nitrogens is 2. The lowest BCUT2D eigenvalue weighted by Gasteiger charge is -2.12. The molecule has 1 unspecified atom stereocenters. The standard InChI is InChI=1S/C15H17N3O/c1-11(16-10-12-6-5-9-19-12)15-17-13-7-3-4-8-14(13)18(15)2/h3-9,11,16H,10H2,1-2H3. The Kier molecular flexibility index (Phi) is 3.09. The summed E-state index contributed by atoms with van der Waals surface area (Å²) >= 11 is 0. The first kappa shape index (κ1) is 12.0. The van der Waals surface area contributed by atoms with Crippen molar-refractivity contribution >= 4 is 11.0 Å². The minimum atomic E-state index is 0.169. The number of hydrogen-bond donors (Lipinski definition) is 1. The monoisotopic (exact) mass is 255 g/mol. The number of para-hydroxylation sites is 2. The zero-order valence-electron chi connectivity index (χ0n) is 11.1. The van der Waals surface area contributed by atoms with Crippen LogP contribution in [0.15, 0.2) is 47.1 Å². The summed E-state index contributed by atoms with van der Waals surface area (Å²) in [6.45, 7) is 2.82. The highest BCUT2D eigenvalue weighted by molar-refractivity contribution is 5.75. The van der Waals surface area contributed by atoms with Crippen LogP contribution in [0.3, 0.4) is 0 Å². The summed E-state index contributed by atoms with van der Waals surface area (Å²) in [5.74, 6) is 1.97. The molecule has 2 heterocycles. The van der Waals surface area contributed by atoms with Crippen molar-refractivity contribution in [3.63, 3.8) is 0 Å².